The first-order chi connectivity index (χ1) is 3.77. The van der Waals surface area contributed by atoms with Gasteiger partial charge in [-0.2, -0.15) is 0 Å². The standard InChI is InChI=1S/C4H10N2OS/c5-4(6)8-3-1-2-7/h7H,1-3H2,(H3,5,6). The predicted octanol–water partition coefficient (Wildman–Crippen LogP) is -0.00453. The molecule has 4 N–H and O–H groups in total. The van der Waals surface area contributed by atoms with Gasteiger partial charge in [0.15, 0.2) is 5.17 Å². The van der Waals surface area contributed by atoms with Crippen molar-refractivity contribution >= 4 is 16.9 Å². The van der Waals surface area contributed by atoms with Gasteiger partial charge in [-0.05, 0) is 6.42 Å². The van der Waals surface area contributed by atoms with Crippen molar-refractivity contribution in [2.75, 3.05) is 12.4 Å². The third-order valence-electron chi connectivity index (χ3n) is 0.560. The molecule has 0 aliphatic carbocycles. The number of aliphatic hydroxyl groups is 1. The average molecular weight is 134 g/mol. The fraction of sp³-hybridized carbons (Fsp3) is 0.750. The van der Waals surface area contributed by atoms with E-state index in [0.717, 1.165) is 5.75 Å². The zero-order valence-corrected chi connectivity index (χ0v) is 5.37. The smallest absolute Gasteiger partial charge is 0.151 e. The van der Waals surface area contributed by atoms with Gasteiger partial charge in [0.05, 0.1) is 0 Å². The normalized spacial score (nSPS) is 9.12. The van der Waals surface area contributed by atoms with E-state index in [4.69, 9.17) is 16.2 Å². The Kier molecular flexibility index (Phi) is 4.79. The van der Waals surface area contributed by atoms with Crippen LogP contribution in [0.1, 0.15) is 6.42 Å². The lowest BCUT2D eigenvalue weighted by Crippen LogP contribution is -2.04. The molecule has 0 aliphatic heterocycles. The Bertz CT molecular complexity index is 76.4. The molecule has 0 radical (unpaired) electrons. The van der Waals surface area contributed by atoms with Crippen LogP contribution in [-0.2, 0) is 0 Å². The molecule has 0 aromatic rings. The summed E-state index contributed by atoms with van der Waals surface area (Å²) in [6.07, 6.45) is 0.713. The van der Waals surface area contributed by atoms with E-state index in [-0.39, 0.29) is 11.8 Å². The molecule has 0 fully saturated rings. The highest BCUT2D eigenvalue weighted by Gasteiger charge is 1.87. The number of hydrogen-bond acceptors (Lipinski definition) is 3. The lowest BCUT2D eigenvalue weighted by molar-refractivity contribution is 0.296. The summed E-state index contributed by atoms with van der Waals surface area (Å²) in [7, 11) is 0. The van der Waals surface area contributed by atoms with Gasteiger partial charge in [-0.25, -0.2) is 0 Å². The lowest BCUT2D eigenvalue weighted by atomic mass is 10.5. The number of thioether (sulfide) groups is 1. The van der Waals surface area contributed by atoms with Gasteiger partial charge >= 0.3 is 0 Å². The number of nitrogens with one attached hydrogen (secondary N) is 1. The van der Waals surface area contributed by atoms with E-state index < -0.39 is 0 Å². The first kappa shape index (κ1) is 7.78. The van der Waals surface area contributed by atoms with Crippen LogP contribution in [0.5, 0.6) is 0 Å². The van der Waals surface area contributed by atoms with Crippen molar-refractivity contribution < 1.29 is 5.11 Å². The third kappa shape index (κ3) is 5.78. The Balaban J connectivity index is 2.82. The van der Waals surface area contributed by atoms with Crippen LogP contribution in [0, 0.1) is 5.41 Å². The van der Waals surface area contributed by atoms with Gasteiger partial charge in [0.1, 0.15) is 0 Å². The first-order valence-electron chi connectivity index (χ1n) is 2.35. The lowest BCUT2D eigenvalue weighted by Gasteiger charge is -1.92. The highest BCUT2D eigenvalue weighted by molar-refractivity contribution is 8.13. The molecule has 0 saturated carbocycles. The summed E-state index contributed by atoms with van der Waals surface area (Å²) in [5, 5.41) is 15.1. The van der Waals surface area contributed by atoms with Crippen LogP contribution in [-0.4, -0.2) is 22.6 Å². The van der Waals surface area contributed by atoms with Crippen molar-refractivity contribution in [3.05, 3.63) is 0 Å². The molecule has 0 saturated heterocycles. The van der Waals surface area contributed by atoms with Gasteiger partial charge in [0, 0.05) is 12.4 Å². The average Bonchev–Trinajstić information content (AvgIpc) is 1.66. The second-order valence-electron chi connectivity index (χ2n) is 1.29. The Hall–Kier alpha value is -0.220. The Morgan fingerprint density at radius 2 is 2.38 bits per heavy atom. The van der Waals surface area contributed by atoms with Crippen molar-refractivity contribution in [2.24, 2.45) is 5.73 Å². The summed E-state index contributed by atoms with van der Waals surface area (Å²) in [5.74, 6) is 0.742. The van der Waals surface area contributed by atoms with E-state index in [9.17, 15) is 0 Å². The maximum absolute atomic E-state index is 8.25. The Morgan fingerprint density at radius 1 is 1.75 bits per heavy atom. The van der Waals surface area contributed by atoms with Crippen LogP contribution >= 0.6 is 11.8 Å². The molecule has 4 heteroatoms. The summed E-state index contributed by atoms with van der Waals surface area (Å²) >= 11 is 1.26. The largest absolute Gasteiger partial charge is 0.396 e. The van der Waals surface area contributed by atoms with Crippen molar-refractivity contribution in [1.82, 2.24) is 0 Å². The van der Waals surface area contributed by atoms with Crippen molar-refractivity contribution in [1.29, 1.82) is 5.41 Å². The van der Waals surface area contributed by atoms with E-state index in [0.29, 0.717) is 6.42 Å². The molecule has 0 aromatic carbocycles. The number of rotatable bonds is 3. The van der Waals surface area contributed by atoms with Gasteiger partial charge in [-0.15, -0.1) is 0 Å². The molecule has 0 aliphatic rings. The quantitative estimate of drug-likeness (QED) is 0.289. The molecule has 0 aromatic heterocycles. The molecular formula is C4H10N2OS. The molecule has 0 unspecified atom stereocenters. The second kappa shape index (κ2) is 4.93. The number of aliphatic hydroxyl groups excluding tert-OH is 1. The highest BCUT2D eigenvalue weighted by Crippen LogP contribution is 1.98. The zero-order chi connectivity index (χ0) is 6.41. The van der Waals surface area contributed by atoms with Crippen LogP contribution in [0.3, 0.4) is 0 Å². The Labute approximate surface area is 52.8 Å². The molecular weight excluding hydrogens is 124 g/mol. The minimum atomic E-state index is 0.124. The van der Waals surface area contributed by atoms with E-state index >= 15 is 0 Å². The molecule has 0 rings (SSSR count). The van der Waals surface area contributed by atoms with Gasteiger partial charge in [-0.3, -0.25) is 5.41 Å². The number of amidine groups is 1. The van der Waals surface area contributed by atoms with E-state index in [1.807, 2.05) is 0 Å². The highest BCUT2D eigenvalue weighted by atomic mass is 32.2. The maximum Gasteiger partial charge on any atom is 0.151 e. The molecule has 8 heavy (non-hydrogen) atoms. The van der Waals surface area contributed by atoms with E-state index in [2.05, 4.69) is 0 Å². The molecule has 0 heterocycles. The molecule has 48 valence electrons. The Morgan fingerprint density at radius 3 is 2.75 bits per heavy atom. The monoisotopic (exact) mass is 134 g/mol. The van der Waals surface area contributed by atoms with Gasteiger partial charge in [-0.1, -0.05) is 11.8 Å². The molecule has 0 amide bonds. The predicted molar refractivity (Wildman–Crippen MR) is 36.1 cm³/mol. The summed E-state index contributed by atoms with van der Waals surface area (Å²) in [6.45, 7) is 0.181. The zero-order valence-electron chi connectivity index (χ0n) is 4.55. The van der Waals surface area contributed by atoms with Crippen LogP contribution < -0.4 is 5.73 Å². The topological polar surface area (TPSA) is 70.1 Å². The van der Waals surface area contributed by atoms with Crippen molar-refractivity contribution in [3.63, 3.8) is 0 Å². The van der Waals surface area contributed by atoms with Crippen LogP contribution in [0.4, 0.5) is 0 Å². The molecule has 0 spiro atoms. The van der Waals surface area contributed by atoms with Crippen LogP contribution in [0.15, 0.2) is 0 Å². The van der Waals surface area contributed by atoms with Crippen LogP contribution in [0.2, 0.25) is 0 Å². The first-order valence-corrected chi connectivity index (χ1v) is 3.33. The fourth-order valence-corrected chi connectivity index (χ4v) is 0.740. The summed E-state index contributed by atoms with van der Waals surface area (Å²) in [4.78, 5) is 0. The van der Waals surface area contributed by atoms with E-state index in [1.54, 1.807) is 0 Å². The summed E-state index contributed by atoms with van der Waals surface area (Å²) in [5.41, 5.74) is 5.00. The molecule has 0 atom stereocenters. The second-order valence-corrected chi connectivity index (χ2v) is 2.43. The molecule has 0 bridgehead atoms. The van der Waals surface area contributed by atoms with Gasteiger partial charge < -0.3 is 10.8 Å². The summed E-state index contributed by atoms with van der Waals surface area (Å²) in [6, 6.07) is 0. The van der Waals surface area contributed by atoms with Gasteiger partial charge in [0.2, 0.25) is 0 Å². The minimum Gasteiger partial charge on any atom is -0.396 e. The van der Waals surface area contributed by atoms with Crippen molar-refractivity contribution in [3.8, 4) is 0 Å². The maximum atomic E-state index is 8.25. The number of nitrogens with two attached hydrogens (primary N) is 1. The van der Waals surface area contributed by atoms with Gasteiger partial charge in [0.25, 0.3) is 0 Å². The SMILES string of the molecule is N=C(N)SCCCO. The van der Waals surface area contributed by atoms with E-state index in [1.165, 1.54) is 11.8 Å². The summed E-state index contributed by atoms with van der Waals surface area (Å²) < 4.78 is 0. The third-order valence-corrected chi connectivity index (χ3v) is 1.36. The number of hydrogen-bond donors (Lipinski definition) is 3. The van der Waals surface area contributed by atoms with Crippen LogP contribution in [0.25, 0.3) is 0 Å². The minimum absolute atomic E-state index is 0.124. The van der Waals surface area contributed by atoms with Crippen molar-refractivity contribution in [2.45, 2.75) is 6.42 Å². The fourth-order valence-electron chi connectivity index (χ4n) is 0.247. The molecule has 3 nitrogen and oxygen atoms in total.